The van der Waals surface area contributed by atoms with Crippen LogP contribution >= 0.6 is 0 Å². The van der Waals surface area contributed by atoms with E-state index in [1.807, 2.05) is 12.1 Å². The van der Waals surface area contributed by atoms with Crippen LogP contribution in [-0.2, 0) is 31.8 Å². The summed E-state index contributed by atoms with van der Waals surface area (Å²) in [4.78, 5) is 0. The summed E-state index contributed by atoms with van der Waals surface area (Å²) in [5.41, 5.74) is 8.52. The Morgan fingerprint density at radius 2 is 0.833 bits per heavy atom. The van der Waals surface area contributed by atoms with Crippen molar-refractivity contribution in [3.63, 3.8) is 0 Å². The van der Waals surface area contributed by atoms with E-state index < -0.39 is 0 Å². The van der Waals surface area contributed by atoms with Crippen LogP contribution < -0.4 is 9.47 Å². The summed E-state index contributed by atoms with van der Waals surface area (Å²) in [5.74, 6) is 1.49. The summed E-state index contributed by atoms with van der Waals surface area (Å²) in [6, 6.07) is 38.6. The molecule has 246 valence electrons. The lowest BCUT2D eigenvalue weighted by Crippen LogP contribution is -2.09. The van der Waals surface area contributed by atoms with Crippen LogP contribution in [0.5, 0.6) is 11.5 Å². The molecule has 6 aromatic rings. The molecule has 6 aromatic carbocycles. The molecular formula is C42H42O6. The molecule has 0 atom stereocenters. The van der Waals surface area contributed by atoms with E-state index in [2.05, 4.69) is 97.1 Å². The molecule has 6 nitrogen and oxygen atoms in total. The SMILES string of the molecule is COCCc1cc2cc(-c3ccccc3)ccc2c(-c2c(OCOC)c(CCOC)cc3cc(-c4ccccc4)ccc23)c1OCOC. The Labute approximate surface area is 282 Å². The Morgan fingerprint density at radius 3 is 1.21 bits per heavy atom. The monoisotopic (exact) mass is 642 g/mol. The number of hydrogen-bond acceptors (Lipinski definition) is 6. The van der Waals surface area contributed by atoms with Gasteiger partial charge >= 0.3 is 0 Å². The number of hydrogen-bond donors (Lipinski definition) is 0. The van der Waals surface area contributed by atoms with Gasteiger partial charge in [0.05, 0.1) is 13.2 Å². The Balaban J connectivity index is 1.72. The van der Waals surface area contributed by atoms with E-state index in [1.54, 1.807) is 28.4 Å². The minimum absolute atomic E-state index is 0.0916. The maximum absolute atomic E-state index is 6.53. The summed E-state index contributed by atoms with van der Waals surface area (Å²) >= 11 is 0. The molecule has 0 amide bonds. The summed E-state index contributed by atoms with van der Waals surface area (Å²) in [7, 11) is 6.72. The fourth-order valence-corrected chi connectivity index (χ4v) is 6.37. The Kier molecular flexibility index (Phi) is 11.0. The molecule has 0 aliphatic rings. The third kappa shape index (κ3) is 7.08. The van der Waals surface area contributed by atoms with E-state index in [9.17, 15) is 0 Å². The van der Waals surface area contributed by atoms with Crippen LogP contribution in [-0.4, -0.2) is 55.2 Å². The van der Waals surface area contributed by atoms with Crippen LogP contribution in [0.2, 0.25) is 0 Å². The Morgan fingerprint density at radius 1 is 0.417 bits per heavy atom. The summed E-state index contributed by atoms with van der Waals surface area (Å²) < 4.78 is 35.2. The zero-order valence-corrected chi connectivity index (χ0v) is 28.1. The molecule has 0 saturated carbocycles. The molecule has 0 radical (unpaired) electrons. The minimum Gasteiger partial charge on any atom is -0.467 e. The van der Waals surface area contributed by atoms with E-state index in [0.717, 1.165) is 77.6 Å². The molecule has 6 rings (SSSR count). The van der Waals surface area contributed by atoms with Crippen LogP contribution in [0.1, 0.15) is 11.1 Å². The molecule has 0 saturated heterocycles. The van der Waals surface area contributed by atoms with Gasteiger partial charge in [-0.25, -0.2) is 0 Å². The van der Waals surface area contributed by atoms with Gasteiger partial charge in [-0.2, -0.15) is 0 Å². The molecule has 48 heavy (non-hydrogen) atoms. The van der Waals surface area contributed by atoms with E-state index >= 15 is 0 Å². The first-order chi connectivity index (χ1) is 23.7. The van der Waals surface area contributed by atoms with Crippen molar-refractivity contribution in [1.82, 2.24) is 0 Å². The first-order valence-electron chi connectivity index (χ1n) is 16.2. The molecule has 0 aromatic heterocycles. The molecular weight excluding hydrogens is 600 g/mol. The molecule has 0 N–H and O–H groups in total. The summed E-state index contributed by atoms with van der Waals surface area (Å²) in [5, 5.41) is 4.27. The molecule has 0 spiro atoms. The maximum Gasteiger partial charge on any atom is 0.188 e. The highest BCUT2D eigenvalue weighted by atomic mass is 16.7. The normalized spacial score (nSPS) is 11.3. The second-order valence-corrected chi connectivity index (χ2v) is 11.7. The molecule has 0 unspecified atom stereocenters. The van der Waals surface area contributed by atoms with Gasteiger partial charge < -0.3 is 28.4 Å². The van der Waals surface area contributed by atoms with Crippen LogP contribution in [0.15, 0.2) is 109 Å². The third-order valence-electron chi connectivity index (χ3n) is 8.60. The molecule has 0 aliphatic heterocycles. The zero-order valence-electron chi connectivity index (χ0n) is 28.1. The second-order valence-electron chi connectivity index (χ2n) is 11.7. The van der Waals surface area contributed by atoms with Gasteiger partial charge in [0.15, 0.2) is 13.6 Å². The first-order valence-corrected chi connectivity index (χ1v) is 16.2. The van der Waals surface area contributed by atoms with E-state index in [-0.39, 0.29) is 13.6 Å². The van der Waals surface area contributed by atoms with Crippen LogP contribution in [0.4, 0.5) is 0 Å². The third-order valence-corrected chi connectivity index (χ3v) is 8.60. The highest BCUT2D eigenvalue weighted by Gasteiger charge is 2.25. The number of methoxy groups -OCH3 is 4. The minimum atomic E-state index is 0.0916. The number of fused-ring (bicyclic) bond motifs is 2. The number of rotatable bonds is 15. The van der Waals surface area contributed by atoms with E-state index in [1.165, 1.54) is 0 Å². The Bertz CT molecular complexity index is 1830. The van der Waals surface area contributed by atoms with Crippen LogP contribution in [0.3, 0.4) is 0 Å². The number of ether oxygens (including phenoxy) is 6. The topological polar surface area (TPSA) is 55.4 Å². The molecule has 0 aliphatic carbocycles. The Hall–Kier alpha value is -4.72. The quantitative estimate of drug-likeness (QED) is 0.104. The average Bonchev–Trinajstić information content (AvgIpc) is 3.14. The van der Waals surface area contributed by atoms with Gasteiger partial charge in [-0.1, -0.05) is 84.9 Å². The molecule has 0 heterocycles. The second kappa shape index (κ2) is 15.9. The van der Waals surface area contributed by atoms with Gasteiger partial charge in [0.1, 0.15) is 11.5 Å². The zero-order chi connectivity index (χ0) is 33.3. The highest BCUT2D eigenvalue weighted by molar-refractivity contribution is 6.12. The van der Waals surface area contributed by atoms with Gasteiger partial charge in [0, 0.05) is 39.6 Å². The van der Waals surface area contributed by atoms with Gasteiger partial charge in [0.2, 0.25) is 0 Å². The van der Waals surface area contributed by atoms with Crippen molar-refractivity contribution < 1.29 is 28.4 Å². The lowest BCUT2D eigenvalue weighted by atomic mass is 9.86. The van der Waals surface area contributed by atoms with Crippen molar-refractivity contribution in [3.05, 3.63) is 120 Å². The lowest BCUT2D eigenvalue weighted by Gasteiger charge is -2.24. The van der Waals surface area contributed by atoms with E-state index in [4.69, 9.17) is 28.4 Å². The first kappa shape index (κ1) is 33.2. The van der Waals surface area contributed by atoms with E-state index in [0.29, 0.717) is 26.1 Å². The predicted molar refractivity (Wildman–Crippen MR) is 194 cm³/mol. The van der Waals surface area contributed by atoms with Crippen LogP contribution in [0, 0.1) is 0 Å². The largest absolute Gasteiger partial charge is 0.467 e. The van der Waals surface area contributed by atoms with Crippen molar-refractivity contribution >= 4 is 21.5 Å². The predicted octanol–water partition coefficient (Wildman–Crippen LogP) is 9.34. The fraction of sp³-hybridized carbons (Fsp3) is 0.238. The number of benzene rings is 6. The fourth-order valence-electron chi connectivity index (χ4n) is 6.37. The lowest BCUT2D eigenvalue weighted by molar-refractivity contribution is 0.0492. The smallest absolute Gasteiger partial charge is 0.188 e. The summed E-state index contributed by atoms with van der Waals surface area (Å²) in [6.07, 6.45) is 1.31. The van der Waals surface area contributed by atoms with Crippen molar-refractivity contribution in [2.45, 2.75) is 12.8 Å². The highest BCUT2D eigenvalue weighted by Crippen LogP contribution is 2.49. The van der Waals surface area contributed by atoms with Gasteiger partial charge in [-0.15, -0.1) is 0 Å². The summed E-state index contributed by atoms with van der Waals surface area (Å²) in [6.45, 7) is 1.26. The van der Waals surface area contributed by atoms with Gasteiger partial charge in [-0.3, -0.25) is 0 Å². The van der Waals surface area contributed by atoms with Crippen molar-refractivity contribution in [2.75, 3.05) is 55.2 Å². The maximum atomic E-state index is 6.53. The molecule has 0 fully saturated rings. The standard InChI is InChI=1S/C42H42O6/c1-43-21-19-33-25-35-23-31(29-11-7-5-8-12-29)15-17-37(35)39(41(33)47-27-45-3)40-38-18-16-32(30-13-9-6-10-14-30)24-36(38)26-34(20-22-44-2)42(40)48-28-46-4/h5-18,23-26H,19-22,27-28H2,1-4H3. The van der Waals surface area contributed by atoms with Gasteiger partial charge in [0.25, 0.3) is 0 Å². The average molecular weight is 643 g/mol. The molecule has 0 bridgehead atoms. The van der Waals surface area contributed by atoms with Gasteiger partial charge in [-0.05, 0) is 92.0 Å². The molecule has 6 heteroatoms. The van der Waals surface area contributed by atoms with Crippen molar-refractivity contribution in [3.8, 4) is 44.9 Å². The van der Waals surface area contributed by atoms with Crippen molar-refractivity contribution in [1.29, 1.82) is 0 Å². The van der Waals surface area contributed by atoms with Crippen LogP contribution in [0.25, 0.3) is 54.9 Å². The van der Waals surface area contributed by atoms with Crippen molar-refractivity contribution in [2.24, 2.45) is 0 Å².